The zero-order valence-corrected chi connectivity index (χ0v) is 23.3. The van der Waals surface area contributed by atoms with E-state index in [1.807, 2.05) is 38.1 Å². The minimum absolute atomic E-state index is 0.0638. The van der Waals surface area contributed by atoms with Crippen LogP contribution in [0.4, 0.5) is 5.69 Å². The zero-order valence-electron chi connectivity index (χ0n) is 22.5. The van der Waals surface area contributed by atoms with Crippen LogP contribution >= 0.6 is 0 Å². The Hall–Kier alpha value is -3.85. The van der Waals surface area contributed by atoms with E-state index in [2.05, 4.69) is 5.32 Å². The molecule has 0 bridgehead atoms. The largest absolute Gasteiger partial charge is 0.497 e. The third-order valence-corrected chi connectivity index (χ3v) is 8.16. The Morgan fingerprint density at radius 2 is 1.58 bits per heavy atom. The van der Waals surface area contributed by atoms with E-state index in [0.717, 1.165) is 21.0 Å². The highest BCUT2D eigenvalue weighted by Crippen LogP contribution is 2.27. The van der Waals surface area contributed by atoms with Crippen LogP contribution in [0.5, 0.6) is 5.75 Å². The summed E-state index contributed by atoms with van der Waals surface area (Å²) >= 11 is 0. The summed E-state index contributed by atoms with van der Waals surface area (Å²) in [5.41, 5.74) is 3.06. The van der Waals surface area contributed by atoms with Gasteiger partial charge in [-0.15, -0.1) is 0 Å². The molecule has 1 N–H and O–H groups in total. The average molecular weight is 538 g/mol. The molecule has 0 radical (unpaired) electrons. The Labute approximate surface area is 225 Å². The number of amides is 2. The molecule has 1 unspecified atom stereocenters. The number of methoxy groups -OCH3 is 1. The van der Waals surface area contributed by atoms with Gasteiger partial charge in [-0.25, -0.2) is 8.42 Å². The molecule has 8 nitrogen and oxygen atoms in total. The second kappa shape index (κ2) is 12.6. The highest BCUT2D eigenvalue weighted by atomic mass is 32.2. The monoisotopic (exact) mass is 537 g/mol. The summed E-state index contributed by atoms with van der Waals surface area (Å²) in [6.07, 6.45) is 0. The summed E-state index contributed by atoms with van der Waals surface area (Å²) in [5.74, 6) is -0.260. The first-order chi connectivity index (χ1) is 18.1. The molecular weight excluding hydrogens is 502 g/mol. The van der Waals surface area contributed by atoms with Crippen molar-refractivity contribution in [1.29, 1.82) is 0 Å². The number of hydrogen-bond acceptors (Lipinski definition) is 5. The van der Waals surface area contributed by atoms with Crippen LogP contribution in [0.25, 0.3) is 0 Å². The topological polar surface area (TPSA) is 96.0 Å². The molecule has 3 aromatic carbocycles. The molecule has 0 aliphatic carbocycles. The van der Waals surface area contributed by atoms with E-state index >= 15 is 0 Å². The van der Waals surface area contributed by atoms with E-state index in [1.54, 1.807) is 50.2 Å². The fourth-order valence-corrected chi connectivity index (χ4v) is 5.40. The van der Waals surface area contributed by atoms with Gasteiger partial charge in [0.2, 0.25) is 11.8 Å². The van der Waals surface area contributed by atoms with E-state index in [1.165, 1.54) is 24.1 Å². The van der Waals surface area contributed by atoms with Crippen LogP contribution in [0, 0.1) is 13.8 Å². The average Bonchev–Trinajstić information content (AvgIpc) is 2.91. The maximum Gasteiger partial charge on any atom is 0.264 e. The maximum atomic E-state index is 13.9. The number of rotatable bonds is 11. The number of ether oxygens (including phenoxy) is 1. The number of nitrogens with zero attached hydrogens (tertiary/aromatic N) is 2. The molecule has 0 aromatic heterocycles. The Morgan fingerprint density at radius 1 is 0.947 bits per heavy atom. The molecule has 38 heavy (non-hydrogen) atoms. The number of sulfonamides is 1. The van der Waals surface area contributed by atoms with E-state index in [0.29, 0.717) is 18.0 Å². The van der Waals surface area contributed by atoms with Gasteiger partial charge in [-0.3, -0.25) is 13.9 Å². The molecular formula is C29H35N3O5S. The SMILES string of the molecule is CCNC(=O)C(C)N(Cc1ccccc1C)C(=O)CN(c1ccc(OC)cc1)S(=O)(=O)c1ccc(C)cc1. The smallest absolute Gasteiger partial charge is 0.264 e. The molecule has 2 amide bonds. The van der Waals surface area contributed by atoms with Gasteiger partial charge in [0.25, 0.3) is 10.0 Å². The third kappa shape index (κ3) is 6.72. The fraction of sp³-hybridized carbons (Fsp3) is 0.310. The molecule has 0 saturated carbocycles. The molecule has 0 saturated heterocycles. The lowest BCUT2D eigenvalue weighted by molar-refractivity contribution is -0.139. The maximum absolute atomic E-state index is 13.9. The van der Waals surface area contributed by atoms with Crippen molar-refractivity contribution < 1.29 is 22.7 Å². The van der Waals surface area contributed by atoms with Gasteiger partial charge in [0.15, 0.2) is 0 Å². The minimum atomic E-state index is -4.11. The Bertz CT molecular complexity index is 1360. The summed E-state index contributed by atoms with van der Waals surface area (Å²) in [4.78, 5) is 28.1. The van der Waals surface area contributed by atoms with E-state index in [4.69, 9.17) is 4.74 Å². The molecule has 0 heterocycles. The molecule has 3 rings (SSSR count). The second-order valence-corrected chi connectivity index (χ2v) is 10.9. The highest BCUT2D eigenvalue weighted by molar-refractivity contribution is 7.92. The first-order valence-corrected chi connectivity index (χ1v) is 13.9. The Kier molecular flexibility index (Phi) is 9.52. The summed E-state index contributed by atoms with van der Waals surface area (Å²) in [6, 6.07) is 19.7. The first-order valence-electron chi connectivity index (χ1n) is 12.4. The second-order valence-electron chi connectivity index (χ2n) is 9.04. The number of aryl methyl sites for hydroxylation is 2. The van der Waals surface area contributed by atoms with Gasteiger partial charge in [0.1, 0.15) is 18.3 Å². The molecule has 1 atom stereocenters. The Morgan fingerprint density at radius 3 is 2.16 bits per heavy atom. The van der Waals surface area contributed by atoms with Crippen LogP contribution < -0.4 is 14.4 Å². The summed E-state index contributed by atoms with van der Waals surface area (Å²) in [7, 11) is -2.59. The van der Waals surface area contributed by atoms with Crippen molar-refractivity contribution in [3.05, 3.63) is 89.5 Å². The molecule has 202 valence electrons. The van der Waals surface area contributed by atoms with Crippen molar-refractivity contribution in [3.63, 3.8) is 0 Å². The molecule has 9 heteroatoms. The van der Waals surface area contributed by atoms with Gasteiger partial charge in [-0.2, -0.15) is 0 Å². The van der Waals surface area contributed by atoms with E-state index < -0.39 is 28.5 Å². The van der Waals surface area contributed by atoms with Crippen LogP contribution in [0.15, 0.2) is 77.7 Å². The number of carbonyl (C=O) groups is 2. The van der Waals surface area contributed by atoms with E-state index in [-0.39, 0.29) is 17.3 Å². The molecule has 3 aromatic rings. The fourth-order valence-electron chi connectivity index (χ4n) is 3.99. The summed E-state index contributed by atoms with van der Waals surface area (Å²) < 4.78 is 33.9. The van der Waals surface area contributed by atoms with Crippen molar-refractivity contribution in [2.75, 3.05) is 24.5 Å². The normalized spacial score (nSPS) is 11.9. The van der Waals surface area contributed by atoms with Crippen LogP contribution in [0.2, 0.25) is 0 Å². The van der Waals surface area contributed by atoms with Gasteiger partial charge in [0.05, 0.1) is 17.7 Å². The summed E-state index contributed by atoms with van der Waals surface area (Å²) in [6.45, 7) is 7.33. The lowest BCUT2D eigenvalue weighted by Gasteiger charge is -2.32. The minimum Gasteiger partial charge on any atom is -0.497 e. The zero-order chi connectivity index (χ0) is 27.9. The van der Waals surface area contributed by atoms with Crippen molar-refractivity contribution in [1.82, 2.24) is 10.2 Å². The molecule has 0 aliphatic rings. The lowest BCUT2D eigenvalue weighted by Crippen LogP contribution is -2.51. The number of anilines is 1. The number of benzene rings is 3. The predicted octanol–water partition coefficient (Wildman–Crippen LogP) is 4.06. The van der Waals surface area contributed by atoms with Gasteiger partial charge in [-0.05, 0) is 75.2 Å². The van der Waals surface area contributed by atoms with Crippen LogP contribution in [-0.4, -0.2) is 51.4 Å². The molecule has 0 fully saturated rings. The number of nitrogens with one attached hydrogen (secondary N) is 1. The summed E-state index contributed by atoms with van der Waals surface area (Å²) in [5, 5.41) is 2.76. The lowest BCUT2D eigenvalue weighted by atomic mass is 10.1. The van der Waals surface area contributed by atoms with Gasteiger partial charge in [0, 0.05) is 13.1 Å². The number of likely N-dealkylation sites (N-methyl/N-ethyl adjacent to an activating group) is 1. The first kappa shape index (κ1) is 28.7. The van der Waals surface area contributed by atoms with Gasteiger partial charge >= 0.3 is 0 Å². The predicted molar refractivity (Wildman–Crippen MR) is 149 cm³/mol. The van der Waals surface area contributed by atoms with Crippen molar-refractivity contribution in [3.8, 4) is 5.75 Å². The van der Waals surface area contributed by atoms with Gasteiger partial charge in [-0.1, -0.05) is 42.0 Å². The van der Waals surface area contributed by atoms with Crippen LogP contribution in [0.3, 0.4) is 0 Å². The third-order valence-electron chi connectivity index (χ3n) is 6.37. The Balaban J connectivity index is 2.04. The quantitative estimate of drug-likeness (QED) is 0.398. The van der Waals surface area contributed by atoms with Crippen molar-refractivity contribution in [2.24, 2.45) is 0 Å². The van der Waals surface area contributed by atoms with Crippen molar-refractivity contribution in [2.45, 2.75) is 45.2 Å². The molecule has 0 spiro atoms. The number of hydrogen-bond donors (Lipinski definition) is 1. The van der Waals surface area contributed by atoms with Crippen LogP contribution in [-0.2, 0) is 26.2 Å². The van der Waals surface area contributed by atoms with Crippen molar-refractivity contribution >= 4 is 27.5 Å². The number of carbonyl (C=O) groups excluding carboxylic acids is 2. The van der Waals surface area contributed by atoms with E-state index in [9.17, 15) is 18.0 Å². The van der Waals surface area contributed by atoms with Gasteiger partial charge < -0.3 is 15.0 Å². The highest BCUT2D eigenvalue weighted by Gasteiger charge is 2.32. The standard InChI is InChI=1S/C29H35N3O5S/c1-6-30-29(34)23(4)31(19-24-10-8-7-9-22(24)3)28(33)20-32(25-13-15-26(37-5)16-14-25)38(35,36)27-17-11-21(2)12-18-27/h7-18,23H,6,19-20H2,1-5H3,(H,30,34). The van der Waals surface area contributed by atoms with Crippen LogP contribution in [0.1, 0.15) is 30.5 Å². The molecule has 0 aliphatic heterocycles.